The first kappa shape index (κ1) is 17.9. The van der Waals surface area contributed by atoms with Crippen molar-refractivity contribution in [1.29, 1.82) is 0 Å². The van der Waals surface area contributed by atoms with Crippen LogP contribution in [-0.2, 0) is 9.53 Å². The Morgan fingerprint density at radius 2 is 2.09 bits per heavy atom. The first-order valence-corrected chi connectivity index (χ1v) is 8.84. The third-order valence-electron chi connectivity index (χ3n) is 3.92. The largest absolute Gasteiger partial charge is 0.462 e. The zero-order valence-electron chi connectivity index (χ0n) is 14.0. The number of amides is 1. The molecule has 1 fully saturated rings. The fourth-order valence-corrected chi connectivity index (χ4v) is 3.66. The minimum absolute atomic E-state index is 0.0845. The quantitative estimate of drug-likeness (QED) is 0.800. The van der Waals surface area contributed by atoms with Gasteiger partial charge in [0, 0.05) is 18.0 Å². The summed E-state index contributed by atoms with van der Waals surface area (Å²) < 4.78 is 5.11. The lowest BCUT2D eigenvalue weighted by Gasteiger charge is -2.18. The summed E-state index contributed by atoms with van der Waals surface area (Å²) in [6, 6.07) is 0. The van der Waals surface area contributed by atoms with Crippen molar-refractivity contribution in [2.24, 2.45) is 0 Å². The Morgan fingerprint density at radius 3 is 2.83 bits per heavy atom. The fraction of sp³-hybridized carbons (Fsp3) is 0.625. The summed E-state index contributed by atoms with van der Waals surface area (Å²) in [5.41, 5.74) is 1.36. The topological polar surface area (TPSA) is 70.7 Å². The van der Waals surface area contributed by atoms with Crippen LogP contribution in [0.4, 0.5) is 5.00 Å². The molecule has 23 heavy (non-hydrogen) atoms. The highest BCUT2D eigenvalue weighted by Gasteiger charge is 2.22. The molecule has 1 saturated heterocycles. The van der Waals surface area contributed by atoms with Gasteiger partial charge in [0.25, 0.3) is 0 Å². The molecule has 1 amide bonds. The van der Waals surface area contributed by atoms with Crippen LogP contribution >= 0.6 is 11.3 Å². The van der Waals surface area contributed by atoms with E-state index in [1.807, 2.05) is 13.8 Å². The summed E-state index contributed by atoms with van der Waals surface area (Å²) in [6.45, 7) is 9.94. The number of rotatable bonds is 5. The van der Waals surface area contributed by atoms with E-state index in [1.165, 1.54) is 11.3 Å². The molecule has 6 nitrogen and oxygen atoms in total. The Morgan fingerprint density at radius 1 is 1.30 bits per heavy atom. The summed E-state index contributed by atoms with van der Waals surface area (Å²) in [5.74, 6) is -0.456. The lowest BCUT2D eigenvalue weighted by atomic mass is 10.1. The molecule has 128 valence electrons. The number of thiophene rings is 1. The van der Waals surface area contributed by atoms with Crippen LogP contribution in [0.3, 0.4) is 0 Å². The monoisotopic (exact) mass is 339 g/mol. The second-order valence-corrected chi connectivity index (χ2v) is 6.86. The maximum absolute atomic E-state index is 12.3. The predicted molar refractivity (Wildman–Crippen MR) is 92.3 cm³/mol. The number of aryl methyl sites for hydroxylation is 1. The minimum atomic E-state index is -0.372. The lowest BCUT2D eigenvalue weighted by molar-refractivity contribution is -0.117. The summed E-state index contributed by atoms with van der Waals surface area (Å²) in [7, 11) is 0. The van der Waals surface area contributed by atoms with Gasteiger partial charge in [0.15, 0.2) is 0 Å². The highest BCUT2D eigenvalue weighted by atomic mass is 32.1. The first-order chi connectivity index (χ1) is 11.0. The van der Waals surface area contributed by atoms with Crippen LogP contribution in [0.5, 0.6) is 0 Å². The smallest absolute Gasteiger partial charge is 0.341 e. The first-order valence-electron chi connectivity index (χ1n) is 8.03. The molecule has 0 radical (unpaired) electrons. The molecule has 1 aromatic rings. The third kappa shape index (κ3) is 4.76. The van der Waals surface area contributed by atoms with Crippen LogP contribution < -0.4 is 10.6 Å². The highest BCUT2D eigenvalue weighted by Crippen LogP contribution is 2.33. The van der Waals surface area contributed by atoms with Gasteiger partial charge in [-0.25, -0.2) is 4.79 Å². The van der Waals surface area contributed by atoms with Crippen molar-refractivity contribution >= 4 is 28.2 Å². The summed E-state index contributed by atoms with van der Waals surface area (Å²) in [4.78, 5) is 27.6. The number of anilines is 1. The van der Waals surface area contributed by atoms with E-state index in [1.54, 1.807) is 6.92 Å². The van der Waals surface area contributed by atoms with Gasteiger partial charge in [0.1, 0.15) is 5.00 Å². The molecule has 2 rings (SSSR count). The van der Waals surface area contributed by atoms with Crippen LogP contribution in [0.15, 0.2) is 0 Å². The van der Waals surface area contributed by atoms with E-state index in [0.717, 1.165) is 43.0 Å². The van der Waals surface area contributed by atoms with Gasteiger partial charge in [-0.05, 0) is 45.8 Å². The van der Waals surface area contributed by atoms with E-state index in [2.05, 4.69) is 15.5 Å². The van der Waals surface area contributed by atoms with Crippen LogP contribution in [0, 0.1) is 13.8 Å². The number of ether oxygens (including phenoxy) is 1. The predicted octanol–water partition coefficient (Wildman–Crippen LogP) is 1.78. The molecule has 0 bridgehead atoms. The van der Waals surface area contributed by atoms with Crippen LogP contribution in [0.2, 0.25) is 0 Å². The van der Waals surface area contributed by atoms with Gasteiger partial charge in [-0.1, -0.05) is 0 Å². The molecular weight excluding hydrogens is 314 g/mol. The number of carbonyl (C=O) groups is 2. The summed E-state index contributed by atoms with van der Waals surface area (Å²) in [5, 5.41) is 6.81. The molecule has 1 aliphatic heterocycles. The second kappa shape index (κ2) is 8.42. The van der Waals surface area contributed by atoms with Gasteiger partial charge >= 0.3 is 5.97 Å². The number of carbonyl (C=O) groups excluding carboxylic acids is 2. The van der Waals surface area contributed by atoms with Gasteiger partial charge in [-0.3, -0.25) is 9.69 Å². The van der Waals surface area contributed by atoms with Gasteiger partial charge in [-0.2, -0.15) is 0 Å². The third-order valence-corrected chi connectivity index (χ3v) is 5.04. The van der Waals surface area contributed by atoms with E-state index in [-0.39, 0.29) is 11.9 Å². The van der Waals surface area contributed by atoms with Crippen LogP contribution in [0.1, 0.15) is 34.1 Å². The zero-order valence-corrected chi connectivity index (χ0v) is 14.8. The molecule has 0 aliphatic carbocycles. The minimum Gasteiger partial charge on any atom is -0.462 e. The molecule has 0 atom stereocenters. The average Bonchev–Trinajstić information content (AvgIpc) is 2.68. The van der Waals surface area contributed by atoms with Crippen molar-refractivity contribution in [3.8, 4) is 0 Å². The fourth-order valence-electron chi connectivity index (χ4n) is 2.59. The molecule has 1 aliphatic rings. The Kier molecular flexibility index (Phi) is 6.56. The normalized spacial score (nSPS) is 16.0. The number of hydrogen-bond acceptors (Lipinski definition) is 6. The van der Waals surface area contributed by atoms with Gasteiger partial charge in [-0.15, -0.1) is 11.3 Å². The summed E-state index contributed by atoms with van der Waals surface area (Å²) >= 11 is 1.43. The standard InChI is InChI=1S/C16H25N3O3S/c1-4-22-16(21)14-11(2)12(3)23-15(14)18-13(20)10-19-8-5-6-17-7-9-19/h17H,4-10H2,1-3H3,(H,18,20). The number of hydrogen-bond donors (Lipinski definition) is 2. The van der Waals surface area contributed by atoms with E-state index >= 15 is 0 Å². The van der Waals surface area contributed by atoms with Gasteiger partial charge in [0.05, 0.1) is 18.7 Å². The Balaban J connectivity index is 2.05. The molecule has 7 heteroatoms. The van der Waals surface area contributed by atoms with Crippen molar-refractivity contribution in [3.05, 3.63) is 16.0 Å². The highest BCUT2D eigenvalue weighted by molar-refractivity contribution is 7.16. The lowest BCUT2D eigenvalue weighted by Crippen LogP contribution is -2.35. The number of esters is 1. The van der Waals surface area contributed by atoms with E-state index < -0.39 is 0 Å². The maximum atomic E-state index is 12.3. The Labute approximate surface area is 141 Å². The molecule has 0 spiro atoms. The summed E-state index contributed by atoms with van der Waals surface area (Å²) in [6.07, 6.45) is 1.04. The van der Waals surface area contributed by atoms with Crippen molar-refractivity contribution in [2.45, 2.75) is 27.2 Å². The number of nitrogens with one attached hydrogen (secondary N) is 2. The van der Waals surface area contributed by atoms with Crippen LogP contribution in [-0.4, -0.2) is 56.1 Å². The molecule has 2 heterocycles. The Bertz CT molecular complexity index is 563. The van der Waals surface area contributed by atoms with E-state index in [4.69, 9.17) is 4.74 Å². The van der Waals surface area contributed by atoms with Crippen molar-refractivity contribution in [1.82, 2.24) is 10.2 Å². The van der Waals surface area contributed by atoms with Crippen molar-refractivity contribution in [3.63, 3.8) is 0 Å². The van der Waals surface area contributed by atoms with Gasteiger partial charge < -0.3 is 15.4 Å². The molecular formula is C16H25N3O3S. The second-order valence-electron chi connectivity index (χ2n) is 5.64. The Hall–Kier alpha value is -1.44. The van der Waals surface area contributed by atoms with Crippen molar-refractivity contribution < 1.29 is 14.3 Å². The van der Waals surface area contributed by atoms with E-state index in [9.17, 15) is 9.59 Å². The zero-order chi connectivity index (χ0) is 16.8. The SMILES string of the molecule is CCOC(=O)c1c(NC(=O)CN2CCCNCC2)sc(C)c1C. The molecule has 0 aromatic carbocycles. The molecule has 0 saturated carbocycles. The maximum Gasteiger partial charge on any atom is 0.341 e. The molecule has 1 aromatic heterocycles. The van der Waals surface area contributed by atoms with E-state index in [0.29, 0.717) is 23.7 Å². The molecule has 2 N–H and O–H groups in total. The van der Waals surface area contributed by atoms with Crippen molar-refractivity contribution in [2.75, 3.05) is 44.6 Å². The van der Waals surface area contributed by atoms with Crippen LogP contribution in [0.25, 0.3) is 0 Å². The average molecular weight is 339 g/mol. The number of nitrogens with zero attached hydrogens (tertiary/aromatic N) is 1. The van der Waals surface area contributed by atoms with Gasteiger partial charge in [0.2, 0.25) is 5.91 Å². The molecule has 0 unspecified atom stereocenters.